The van der Waals surface area contributed by atoms with E-state index in [2.05, 4.69) is 11.9 Å². The number of carbonyl (C=O) groups excluding carboxylic acids is 2. The maximum Gasteiger partial charge on any atom is 0.246 e. The lowest BCUT2D eigenvalue weighted by atomic mass is 10.0. The van der Waals surface area contributed by atoms with Crippen molar-refractivity contribution in [2.45, 2.75) is 6.92 Å². The molecule has 0 heterocycles. The third-order valence-corrected chi connectivity index (χ3v) is 3.29. The maximum absolute atomic E-state index is 12.3. The Kier molecular flexibility index (Phi) is 5.73. The predicted octanol–water partition coefficient (Wildman–Crippen LogP) is 2.69. The molecule has 2 aromatic rings. The molecule has 124 valence electrons. The van der Waals surface area contributed by atoms with Crippen molar-refractivity contribution < 1.29 is 19.4 Å². The summed E-state index contributed by atoms with van der Waals surface area (Å²) in [6.07, 6.45) is 0. The number of amides is 1. The van der Waals surface area contributed by atoms with Crippen LogP contribution in [0.15, 0.2) is 60.7 Å². The number of ketones is 1. The fourth-order valence-corrected chi connectivity index (χ4v) is 2.02. The average Bonchev–Trinajstić information content (AvgIpc) is 2.58. The van der Waals surface area contributed by atoms with E-state index in [0.29, 0.717) is 23.4 Å². The van der Waals surface area contributed by atoms with Crippen LogP contribution in [0.5, 0.6) is 11.5 Å². The first-order valence-electron chi connectivity index (χ1n) is 7.48. The lowest BCUT2D eigenvalue weighted by Gasteiger charge is -2.10. The number of phenols is 1. The van der Waals surface area contributed by atoms with Crippen LogP contribution in [0.4, 0.5) is 0 Å². The highest BCUT2D eigenvalue weighted by atomic mass is 16.5. The molecule has 0 unspecified atom stereocenters. The van der Waals surface area contributed by atoms with Crippen LogP contribution in [-0.2, 0) is 4.79 Å². The zero-order valence-corrected chi connectivity index (χ0v) is 13.4. The van der Waals surface area contributed by atoms with E-state index in [9.17, 15) is 14.7 Å². The molecule has 0 atom stereocenters. The number of aromatic hydroxyl groups is 1. The first kappa shape index (κ1) is 17.3. The van der Waals surface area contributed by atoms with Crippen molar-refractivity contribution in [2.24, 2.45) is 0 Å². The third kappa shape index (κ3) is 4.46. The van der Waals surface area contributed by atoms with Crippen LogP contribution in [-0.4, -0.2) is 29.9 Å². The van der Waals surface area contributed by atoms with E-state index in [4.69, 9.17) is 4.74 Å². The number of carbonyl (C=O) groups is 2. The van der Waals surface area contributed by atoms with Gasteiger partial charge < -0.3 is 15.2 Å². The molecule has 0 aromatic heterocycles. The molecule has 2 rings (SSSR count). The fourth-order valence-electron chi connectivity index (χ4n) is 2.02. The molecule has 0 aliphatic rings. The molecular formula is C19H19NO4. The average molecular weight is 325 g/mol. The van der Waals surface area contributed by atoms with Gasteiger partial charge in [-0.3, -0.25) is 9.59 Å². The Bertz CT molecular complexity index is 753. The highest BCUT2D eigenvalue weighted by Gasteiger charge is 2.14. The fraction of sp³-hybridized carbons (Fsp3) is 0.158. The number of phenolic OH excluding ortho intramolecular Hbond substituents is 1. The summed E-state index contributed by atoms with van der Waals surface area (Å²) in [7, 11) is 0. The van der Waals surface area contributed by atoms with Gasteiger partial charge >= 0.3 is 0 Å². The van der Waals surface area contributed by atoms with E-state index in [1.165, 1.54) is 12.1 Å². The monoisotopic (exact) mass is 325 g/mol. The molecule has 0 saturated carbocycles. The van der Waals surface area contributed by atoms with E-state index >= 15 is 0 Å². The number of benzene rings is 2. The van der Waals surface area contributed by atoms with Gasteiger partial charge in [-0.25, -0.2) is 0 Å². The van der Waals surface area contributed by atoms with E-state index in [1.54, 1.807) is 37.3 Å². The highest BCUT2D eigenvalue weighted by Crippen LogP contribution is 2.25. The van der Waals surface area contributed by atoms with Crippen LogP contribution in [0, 0.1) is 0 Å². The van der Waals surface area contributed by atoms with Crippen LogP contribution in [0.2, 0.25) is 0 Å². The lowest BCUT2D eigenvalue weighted by molar-refractivity contribution is -0.117. The Labute approximate surface area is 140 Å². The molecule has 5 heteroatoms. The number of nitrogens with one attached hydrogen (secondary N) is 1. The first-order valence-corrected chi connectivity index (χ1v) is 7.48. The molecule has 0 aliphatic heterocycles. The number of ether oxygens (including phenoxy) is 1. The van der Waals surface area contributed by atoms with Gasteiger partial charge in [-0.15, -0.1) is 0 Å². The predicted molar refractivity (Wildman–Crippen MR) is 91.3 cm³/mol. The van der Waals surface area contributed by atoms with Gasteiger partial charge in [-0.2, -0.15) is 0 Å². The summed E-state index contributed by atoms with van der Waals surface area (Å²) in [6, 6.07) is 13.2. The lowest BCUT2D eigenvalue weighted by Crippen LogP contribution is -2.28. The van der Waals surface area contributed by atoms with Gasteiger partial charge in [-0.05, 0) is 19.1 Å². The topological polar surface area (TPSA) is 75.6 Å². The van der Waals surface area contributed by atoms with Crippen molar-refractivity contribution in [3.8, 4) is 11.5 Å². The van der Waals surface area contributed by atoms with E-state index in [1.807, 2.05) is 6.07 Å². The number of hydrogen-bond acceptors (Lipinski definition) is 4. The second-order valence-corrected chi connectivity index (χ2v) is 5.26. The van der Waals surface area contributed by atoms with Gasteiger partial charge in [0.2, 0.25) is 5.91 Å². The molecule has 1 amide bonds. The molecule has 2 N–H and O–H groups in total. The molecule has 2 aromatic carbocycles. The van der Waals surface area contributed by atoms with Crippen molar-refractivity contribution >= 4 is 11.7 Å². The van der Waals surface area contributed by atoms with Gasteiger partial charge in [0.25, 0.3) is 0 Å². The maximum atomic E-state index is 12.3. The minimum Gasteiger partial charge on any atom is -0.507 e. The molecular weight excluding hydrogens is 306 g/mol. The van der Waals surface area contributed by atoms with Crippen LogP contribution in [0.1, 0.15) is 22.8 Å². The summed E-state index contributed by atoms with van der Waals surface area (Å²) in [5.41, 5.74) is 1.14. The van der Waals surface area contributed by atoms with Crippen molar-refractivity contribution in [2.75, 3.05) is 13.2 Å². The molecule has 0 aliphatic carbocycles. The molecule has 24 heavy (non-hydrogen) atoms. The summed E-state index contributed by atoms with van der Waals surface area (Å²) in [5.74, 6) is -0.215. The Balaban J connectivity index is 1.96. The minimum absolute atomic E-state index is 0.146. The van der Waals surface area contributed by atoms with E-state index in [0.717, 1.165) is 0 Å². The Hall–Kier alpha value is -3.08. The Morgan fingerprint density at radius 3 is 2.50 bits per heavy atom. The Morgan fingerprint density at radius 1 is 1.17 bits per heavy atom. The van der Waals surface area contributed by atoms with Crippen LogP contribution in [0.25, 0.3) is 0 Å². The van der Waals surface area contributed by atoms with Crippen LogP contribution < -0.4 is 10.1 Å². The SMILES string of the molecule is C=C(C)C(=O)NCCOc1ccc(C(=O)c2ccccc2)c(O)c1. The highest BCUT2D eigenvalue weighted by molar-refractivity contribution is 6.10. The number of hydrogen-bond donors (Lipinski definition) is 2. The zero-order valence-electron chi connectivity index (χ0n) is 13.4. The van der Waals surface area contributed by atoms with Crippen molar-refractivity contribution in [3.05, 3.63) is 71.8 Å². The second-order valence-electron chi connectivity index (χ2n) is 5.26. The third-order valence-electron chi connectivity index (χ3n) is 3.29. The Morgan fingerprint density at radius 2 is 1.88 bits per heavy atom. The molecule has 0 spiro atoms. The summed E-state index contributed by atoms with van der Waals surface area (Å²) in [5, 5.41) is 12.7. The quantitative estimate of drug-likeness (QED) is 0.466. The van der Waals surface area contributed by atoms with Gasteiger partial charge in [0.05, 0.1) is 12.1 Å². The molecule has 0 bridgehead atoms. The molecule has 0 fully saturated rings. The molecule has 5 nitrogen and oxygen atoms in total. The standard InChI is InChI=1S/C19H19NO4/c1-13(2)19(23)20-10-11-24-15-8-9-16(17(21)12-15)18(22)14-6-4-3-5-7-14/h3-9,12,21H,1,10-11H2,2H3,(H,20,23). The second kappa shape index (κ2) is 7.97. The largest absolute Gasteiger partial charge is 0.507 e. The van der Waals surface area contributed by atoms with Crippen molar-refractivity contribution in [1.82, 2.24) is 5.32 Å². The van der Waals surface area contributed by atoms with Crippen molar-refractivity contribution in [1.29, 1.82) is 0 Å². The summed E-state index contributed by atoms with van der Waals surface area (Å²) < 4.78 is 5.44. The van der Waals surface area contributed by atoms with Crippen LogP contribution >= 0.6 is 0 Å². The zero-order chi connectivity index (χ0) is 17.5. The van der Waals surface area contributed by atoms with Crippen molar-refractivity contribution in [3.63, 3.8) is 0 Å². The summed E-state index contributed by atoms with van der Waals surface area (Å²) in [4.78, 5) is 23.6. The smallest absolute Gasteiger partial charge is 0.246 e. The summed E-state index contributed by atoms with van der Waals surface area (Å²) >= 11 is 0. The first-order chi connectivity index (χ1) is 11.5. The molecule has 0 radical (unpaired) electrons. The van der Waals surface area contributed by atoms with Crippen LogP contribution in [0.3, 0.4) is 0 Å². The van der Waals surface area contributed by atoms with E-state index < -0.39 is 0 Å². The summed E-state index contributed by atoms with van der Waals surface area (Å²) in [6.45, 7) is 5.72. The van der Waals surface area contributed by atoms with Gasteiger partial charge in [0, 0.05) is 17.2 Å². The van der Waals surface area contributed by atoms with Gasteiger partial charge in [-0.1, -0.05) is 36.9 Å². The minimum atomic E-state index is -0.256. The van der Waals surface area contributed by atoms with Gasteiger partial charge in [0.1, 0.15) is 18.1 Å². The number of rotatable bonds is 7. The molecule has 0 saturated heterocycles. The van der Waals surface area contributed by atoms with Gasteiger partial charge in [0.15, 0.2) is 5.78 Å². The van der Waals surface area contributed by atoms with E-state index in [-0.39, 0.29) is 29.6 Å². The normalized spacial score (nSPS) is 10.0.